The zero-order chi connectivity index (χ0) is 10.8. The molecule has 0 spiro atoms. The van der Waals surface area contributed by atoms with Crippen molar-refractivity contribution in [2.24, 2.45) is 4.99 Å². The number of aliphatic imine (C=N–C) groups is 1. The molecule has 0 aromatic carbocycles. The van der Waals surface area contributed by atoms with Gasteiger partial charge in [0.25, 0.3) is 5.91 Å². The van der Waals surface area contributed by atoms with Crippen molar-refractivity contribution in [1.29, 1.82) is 0 Å². The summed E-state index contributed by atoms with van der Waals surface area (Å²) in [6.45, 7) is 4.18. The standard InChI is InChI=1S/C11H18N2OS/c1-7-8(2)15-11(12-7)10(14)13-9-5-3-4-6-9/h7-9H,3-6H2,1-2H3,(H,13,14). The Kier molecular flexibility index (Phi) is 3.34. The van der Waals surface area contributed by atoms with Gasteiger partial charge >= 0.3 is 0 Å². The number of carbonyl (C=O) groups excluding carboxylic acids is 1. The Balaban J connectivity index is 1.88. The highest BCUT2D eigenvalue weighted by Gasteiger charge is 2.28. The minimum atomic E-state index is 0.0445. The van der Waals surface area contributed by atoms with E-state index in [1.54, 1.807) is 11.8 Å². The number of rotatable bonds is 2. The van der Waals surface area contributed by atoms with Gasteiger partial charge in [-0.2, -0.15) is 0 Å². The van der Waals surface area contributed by atoms with Gasteiger partial charge in [-0.3, -0.25) is 9.79 Å². The molecule has 1 aliphatic heterocycles. The fourth-order valence-electron chi connectivity index (χ4n) is 2.02. The minimum Gasteiger partial charge on any atom is -0.348 e. The first-order valence-electron chi connectivity index (χ1n) is 5.72. The highest BCUT2D eigenvalue weighted by atomic mass is 32.2. The van der Waals surface area contributed by atoms with E-state index in [1.807, 2.05) is 0 Å². The van der Waals surface area contributed by atoms with E-state index < -0.39 is 0 Å². The quantitative estimate of drug-likeness (QED) is 0.782. The maximum atomic E-state index is 11.8. The van der Waals surface area contributed by atoms with Crippen LogP contribution < -0.4 is 5.32 Å². The third-order valence-electron chi connectivity index (χ3n) is 3.18. The maximum absolute atomic E-state index is 11.8. The van der Waals surface area contributed by atoms with Crippen LogP contribution in [0.1, 0.15) is 39.5 Å². The smallest absolute Gasteiger partial charge is 0.276 e. The van der Waals surface area contributed by atoms with E-state index in [1.165, 1.54) is 12.8 Å². The molecule has 1 amide bonds. The zero-order valence-electron chi connectivity index (χ0n) is 9.32. The summed E-state index contributed by atoms with van der Waals surface area (Å²) in [4.78, 5) is 16.2. The molecule has 1 fully saturated rings. The number of hydrogen-bond acceptors (Lipinski definition) is 3. The molecule has 2 aliphatic rings. The number of carbonyl (C=O) groups is 1. The molecule has 0 bridgehead atoms. The summed E-state index contributed by atoms with van der Waals surface area (Å²) in [5, 5.41) is 4.19. The minimum absolute atomic E-state index is 0.0445. The molecule has 2 rings (SSSR count). The van der Waals surface area contributed by atoms with Gasteiger partial charge in [0, 0.05) is 11.3 Å². The van der Waals surface area contributed by atoms with E-state index in [0.717, 1.165) is 12.8 Å². The van der Waals surface area contributed by atoms with Gasteiger partial charge in [-0.05, 0) is 19.8 Å². The van der Waals surface area contributed by atoms with Crippen LogP contribution in [0.5, 0.6) is 0 Å². The second kappa shape index (κ2) is 4.56. The van der Waals surface area contributed by atoms with Crippen LogP contribution in [0, 0.1) is 0 Å². The SMILES string of the molecule is CC1N=C(C(=O)NC2CCCC2)SC1C. The first-order chi connectivity index (χ1) is 7.16. The van der Waals surface area contributed by atoms with Crippen LogP contribution in [0.15, 0.2) is 4.99 Å². The Hall–Kier alpha value is -0.510. The molecular weight excluding hydrogens is 208 g/mol. The van der Waals surface area contributed by atoms with Gasteiger partial charge < -0.3 is 5.32 Å². The van der Waals surface area contributed by atoms with Crippen LogP contribution in [-0.4, -0.2) is 28.3 Å². The van der Waals surface area contributed by atoms with E-state index >= 15 is 0 Å². The molecular formula is C11H18N2OS. The number of nitrogens with one attached hydrogen (secondary N) is 1. The van der Waals surface area contributed by atoms with Crippen molar-refractivity contribution in [1.82, 2.24) is 5.32 Å². The van der Waals surface area contributed by atoms with Crippen LogP contribution in [-0.2, 0) is 4.79 Å². The molecule has 2 atom stereocenters. The lowest BCUT2D eigenvalue weighted by Crippen LogP contribution is -2.36. The summed E-state index contributed by atoms with van der Waals surface area (Å²) in [5.41, 5.74) is 0. The number of amides is 1. The summed E-state index contributed by atoms with van der Waals surface area (Å²) in [7, 11) is 0. The Morgan fingerprint density at radius 2 is 2.07 bits per heavy atom. The van der Waals surface area contributed by atoms with E-state index in [4.69, 9.17) is 0 Å². The Labute approximate surface area is 95.1 Å². The predicted molar refractivity (Wildman–Crippen MR) is 64.3 cm³/mol. The van der Waals surface area contributed by atoms with Crippen molar-refractivity contribution >= 4 is 22.7 Å². The fraction of sp³-hybridized carbons (Fsp3) is 0.818. The van der Waals surface area contributed by atoms with Gasteiger partial charge in [0.1, 0.15) is 0 Å². The van der Waals surface area contributed by atoms with Crippen LogP contribution in [0.3, 0.4) is 0 Å². The molecule has 0 aromatic rings. The molecule has 1 N–H and O–H groups in total. The molecule has 15 heavy (non-hydrogen) atoms. The molecule has 0 saturated heterocycles. The third kappa shape index (κ3) is 2.54. The average Bonchev–Trinajstić information content (AvgIpc) is 2.78. The molecule has 0 radical (unpaired) electrons. The van der Waals surface area contributed by atoms with Crippen molar-refractivity contribution < 1.29 is 4.79 Å². The van der Waals surface area contributed by atoms with Gasteiger partial charge in [0.2, 0.25) is 0 Å². The lowest BCUT2D eigenvalue weighted by Gasteiger charge is -2.11. The highest BCUT2D eigenvalue weighted by Crippen LogP contribution is 2.26. The molecule has 84 valence electrons. The number of thioether (sulfide) groups is 1. The van der Waals surface area contributed by atoms with Gasteiger partial charge in [-0.25, -0.2) is 0 Å². The number of nitrogens with zero attached hydrogens (tertiary/aromatic N) is 1. The summed E-state index contributed by atoms with van der Waals surface area (Å²) >= 11 is 1.60. The van der Waals surface area contributed by atoms with E-state index in [9.17, 15) is 4.79 Å². The van der Waals surface area contributed by atoms with Crippen LogP contribution in [0.25, 0.3) is 0 Å². The van der Waals surface area contributed by atoms with Crippen molar-refractivity contribution in [3.63, 3.8) is 0 Å². The summed E-state index contributed by atoms with van der Waals surface area (Å²) in [6, 6.07) is 0.673. The molecule has 1 heterocycles. The highest BCUT2D eigenvalue weighted by molar-refractivity contribution is 8.16. The largest absolute Gasteiger partial charge is 0.348 e. The van der Waals surface area contributed by atoms with Gasteiger partial charge in [0.05, 0.1) is 6.04 Å². The third-order valence-corrected chi connectivity index (χ3v) is 4.46. The van der Waals surface area contributed by atoms with Crippen molar-refractivity contribution in [2.45, 2.75) is 56.9 Å². The first-order valence-corrected chi connectivity index (χ1v) is 6.60. The second-order valence-corrected chi connectivity index (χ2v) is 5.82. The van der Waals surface area contributed by atoms with Crippen molar-refractivity contribution in [3.8, 4) is 0 Å². The Morgan fingerprint density at radius 1 is 1.40 bits per heavy atom. The molecule has 2 unspecified atom stereocenters. The van der Waals surface area contributed by atoms with Gasteiger partial charge in [-0.15, -0.1) is 0 Å². The van der Waals surface area contributed by atoms with Crippen molar-refractivity contribution in [3.05, 3.63) is 0 Å². The van der Waals surface area contributed by atoms with E-state index in [-0.39, 0.29) is 11.9 Å². The summed E-state index contributed by atoms with van der Waals surface area (Å²) in [6.07, 6.45) is 4.76. The number of hydrogen-bond donors (Lipinski definition) is 1. The summed E-state index contributed by atoms with van der Waals surface area (Å²) in [5.74, 6) is 0.0445. The Bertz CT molecular complexity index is 284. The fourth-order valence-corrected chi connectivity index (χ4v) is 3.03. The monoisotopic (exact) mass is 226 g/mol. The average molecular weight is 226 g/mol. The normalized spacial score (nSPS) is 31.7. The van der Waals surface area contributed by atoms with E-state index in [0.29, 0.717) is 16.3 Å². The molecule has 1 saturated carbocycles. The van der Waals surface area contributed by atoms with E-state index in [2.05, 4.69) is 24.2 Å². The lowest BCUT2D eigenvalue weighted by molar-refractivity contribution is -0.115. The molecule has 1 aliphatic carbocycles. The topological polar surface area (TPSA) is 41.5 Å². The second-order valence-electron chi connectivity index (χ2n) is 4.45. The molecule has 4 heteroatoms. The van der Waals surface area contributed by atoms with Crippen LogP contribution in [0.4, 0.5) is 0 Å². The molecule has 3 nitrogen and oxygen atoms in total. The Morgan fingerprint density at radius 3 is 2.60 bits per heavy atom. The zero-order valence-corrected chi connectivity index (χ0v) is 10.1. The van der Waals surface area contributed by atoms with Crippen molar-refractivity contribution in [2.75, 3.05) is 0 Å². The lowest BCUT2D eigenvalue weighted by atomic mass is 10.2. The summed E-state index contributed by atoms with van der Waals surface area (Å²) < 4.78 is 0. The first kappa shape index (κ1) is 11.0. The van der Waals surface area contributed by atoms with Gasteiger partial charge in [0.15, 0.2) is 5.04 Å². The van der Waals surface area contributed by atoms with Crippen LogP contribution in [0.2, 0.25) is 0 Å². The maximum Gasteiger partial charge on any atom is 0.276 e. The van der Waals surface area contributed by atoms with Crippen LogP contribution >= 0.6 is 11.8 Å². The predicted octanol–water partition coefficient (Wildman–Crippen LogP) is 1.97. The van der Waals surface area contributed by atoms with Gasteiger partial charge in [-0.1, -0.05) is 31.5 Å². The molecule has 0 aromatic heterocycles.